The molecule has 0 bridgehead atoms. The highest BCUT2D eigenvalue weighted by Gasteiger charge is 2.15. The minimum absolute atomic E-state index is 0.237. The van der Waals surface area contributed by atoms with Crippen LogP contribution in [0.1, 0.15) is 25.7 Å². The van der Waals surface area contributed by atoms with Gasteiger partial charge in [0, 0.05) is 38.4 Å². The molecule has 2 rings (SSSR count). The van der Waals surface area contributed by atoms with Gasteiger partial charge in [-0.1, -0.05) is 0 Å². The number of aromatic nitrogens is 2. The van der Waals surface area contributed by atoms with Crippen LogP contribution in [0.4, 0.5) is 5.82 Å². The number of carbonyl (C=O) groups is 1. The van der Waals surface area contributed by atoms with Crippen LogP contribution in [0.2, 0.25) is 0 Å². The molecule has 0 atom stereocenters. The number of nitrogens with one attached hydrogen (secondary N) is 1. The van der Waals surface area contributed by atoms with E-state index in [9.17, 15) is 4.79 Å². The monoisotopic (exact) mass is 234 g/mol. The summed E-state index contributed by atoms with van der Waals surface area (Å²) in [5.74, 6) is 0.958. The van der Waals surface area contributed by atoms with Crippen LogP contribution in [0, 0.1) is 0 Å². The Balaban J connectivity index is 1.69. The van der Waals surface area contributed by atoms with Gasteiger partial charge >= 0.3 is 0 Å². The number of amides is 1. The maximum Gasteiger partial charge on any atom is 0.224 e. The average Bonchev–Trinajstić information content (AvgIpc) is 2.41. The summed E-state index contributed by atoms with van der Waals surface area (Å²) in [6.45, 7) is 2.46. The van der Waals surface area contributed by atoms with E-state index < -0.39 is 0 Å². The molecule has 1 aromatic rings. The first-order valence-corrected chi connectivity index (χ1v) is 6.14. The fourth-order valence-electron chi connectivity index (χ4n) is 1.99. The van der Waals surface area contributed by atoms with Gasteiger partial charge in [-0.05, 0) is 19.3 Å². The Morgan fingerprint density at radius 1 is 1.29 bits per heavy atom. The first kappa shape index (κ1) is 11.8. The Morgan fingerprint density at radius 2 is 2.12 bits per heavy atom. The highest BCUT2D eigenvalue weighted by atomic mass is 16.2. The fourth-order valence-corrected chi connectivity index (χ4v) is 1.99. The van der Waals surface area contributed by atoms with Gasteiger partial charge in [0.15, 0.2) is 0 Å². The molecule has 1 aromatic heterocycles. The second kappa shape index (κ2) is 6.18. The molecule has 0 radical (unpaired) electrons. The number of nitrogens with zero attached hydrogens (tertiary/aromatic N) is 3. The van der Waals surface area contributed by atoms with Crippen LogP contribution >= 0.6 is 0 Å². The van der Waals surface area contributed by atoms with E-state index >= 15 is 0 Å². The lowest BCUT2D eigenvalue weighted by Gasteiger charge is -2.26. The van der Waals surface area contributed by atoms with E-state index in [4.69, 9.17) is 0 Å². The van der Waals surface area contributed by atoms with Crippen LogP contribution in [0.3, 0.4) is 0 Å². The first-order valence-electron chi connectivity index (χ1n) is 6.14. The Kier molecular flexibility index (Phi) is 4.30. The molecule has 1 aliphatic rings. The summed E-state index contributed by atoms with van der Waals surface area (Å²) in [7, 11) is 0. The number of rotatable bonds is 4. The van der Waals surface area contributed by atoms with Crippen LogP contribution < -0.4 is 5.32 Å². The van der Waals surface area contributed by atoms with Crippen molar-refractivity contribution in [3.05, 3.63) is 18.6 Å². The van der Waals surface area contributed by atoms with Crippen molar-refractivity contribution in [3.8, 4) is 0 Å². The van der Waals surface area contributed by atoms with E-state index in [-0.39, 0.29) is 5.91 Å². The molecule has 92 valence electrons. The van der Waals surface area contributed by atoms with Crippen LogP contribution in [0.25, 0.3) is 0 Å². The lowest BCUT2D eigenvalue weighted by molar-refractivity contribution is -0.131. The quantitative estimate of drug-likeness (QED) is 0.853. The molecule has 2 heterocycles. The molecule has 1 N–H and O–H groups in total. The number of carbonyl (C=O) groups excluding carboxylic acids is 1. The molecule has 0 unspecified atom stereocenters. The minimum atomic E-state index is 0.237. The van der Waals surface area contributed by atoms with Crippen LogP contribution in [0.15, 0.2) is 18.6 Å². The summed E-state index contributed by atoms with van der Waals surface area (Å²) >= 11 is 0. The second-order valence-electron chi connectivity index (χ2n) is 4.21. The van der Waals surface area contributed by atoms with Gasteiger partial charge < -0.3 is 10.2 Å². The summed E-state index contributed by atoms with van der Waals surface area (Å²) in [5, 5.41) is 3.09. The topological polar surface area (TPSA) is 58.1 Å². The molecule has 0 aromatic carbocycles. The van der Waals surface area contributed by atoms with Crippen molar-refractivity contribution < 1.29 is 4.79 Å². The van der Waals surface area contributed by atoms with Gasteiger partial charge in [0.05, 0.1) is 6.20 Å². The normalized spacial score (nSPS) is 15.6. The number of hydrogen-bond acceptors (Lipinski definition) is 4. The third kappa shape index (κ3) is 3.69. The summed E-state index contributed by atoms with van der Waals surface area (Å²) in [6.07, 6.45) is 8.98. The first-order chi connectivity index (χ1) is 8.36. The van der Waals surface area contributed by atoms with Gasteiger partial charge in [0.25, 0.3) is 0 Å². The zero-order valence-corrected chi connectivity index (χ0v) is 9.93. The van der Waals surface area contributed by atoms with Crippen molar-refractivity contribution in [2.24, 2.45) is 0 Å². The Hall–Kier alpha value is -1.65. The zero-order valence-electron chi connectivity index (χ0n) is 9.93. The van der Waals surface area contributed by atoms with Crippen LogP contribution in [-0.2, 0) is 4.79 Å². The summed E-state index contributed by atoms with van der Waals surface area (Å²) in [6, 6.07) is 0. The van der Waals surface area contributed by atoms with E-state index in [2.05, 4.69) is 15.3 Å². The molecule has 0 aliphatic carbocycles. The molecular weight excluding hydrogens is 216 g/mol. The maximum atomic E-state index is 11.8. The second-order valence-corrected chi connectivity index (χ2v) is 4.21. The SMILES string of the molecule is O=C(CCNc1cnccn1)N1CCCCC1. The Bertz CT molecular complexity index is 349. The largest absolute Gasteiger partial charge is 0.368 e. The van der Waals surface area contributed by atoms with Gasteiger partial charge in [-0.2, -0.15) is 0 Å². The van der Waals surface area contributed by atoms with Crippen molar-refractivity contribution in [2.75, 3.05) is 25.0 Å². The summed E-state index contributed by atoms with van der Waals surface area (Å²) in [4.78, 5) is 21.8. The van der Waals surface area contributed by atoms with Crippen molar-refractivity contribution in [1.29, 1.82) is 0 Å². The zero-order chi connectivity index (χ0) is 11.9. The smallest absolute Gasteiger partial charge is 0.224 e. The van der Waals surface area contributed by atoms with Gasteiger partial charge in [0.2, 0.25) is 5.91 Å². The molecule has 1 saturated heterocycles. The van der Waals surface area contributed by atoms with Gasteiger partial charge in [-0.3, -0.25) is 9.78 Å². The molecule has 17 heavy (non-hydrogen) atoms. The van der Waals surface area contributed by atoms with E-state index in [1.165, 1.54) is 6.42 Å². The fraction of sp³-hybridized carbons (Fsp3) is 0.583. The molecule has 1 aliphatic heterocycles. The van der Waals surface area contributed by atoms with E-state index in [1.807, 2.05) is 4.90 Å². The molecule has 1 fully saturated rings. The lowest BCUT2D eigenvalue weighted by Crippen LogP contribution is -2.36. The third-order valence-electron chi connectivity index (χ3n) is 2.92. The van der Waals surface area contributed by atoms with E-state index in [0.29, 0.717) is 13.0 Å². The molecule has 0 saturated carbocycles. The Labute approximate surface area is 101 Å². The van der Waals surface area contributed by atoms with E-state index in [0.717, 1.165) is 31.7 Å². The molecule has 0 spiro atoms. The lowest BCUT2D eigenvalue weighted by atomic mass is 10.1. The Morgan fingerprint density at radius 3 is 2.82 bits per heavy atom. The minimum Gasteiger partial charge on any atom is -0.368 e. The van der Waals surface area contributed by atoms with Crippen molar-refractivity contribution >= 4 is 11.7 Å². The number of hydrogen-bond donors (Lipinski definition) is 1. The number of piperidine rings is 1. The standard InChI is InChI=1S/C12H18N4O/c17-12(16-8-2-1-3-9-16)4-5-14-11-10-13-6-7-15-11/h6-7,10H,1-5,8-9H2,(H,14,15). The maximum absolute atomic E-state index is 11.8. The molecule has 5 nitrogen and oxygen atoms in total. The van der Waals surface area contributed by atoms with Gasteiger partial charge in [0.1, 0.15) is 5.82 Å². The van der Waals surface area contributed by atoms with Gasteiger partial charge in [-0.25, -0.2) is 4.98 Å². The van der Waals surface area contributed by atoms with Crippen LogP contribution in [0.5, 0.6) is 0 Å². The third-order valence-corrected chi connectivity index (χ3v) is 2.92. The predicted octanol–water partition coefficient (Wildman–Crippen LogP) is 1.29. The number of anilines is 1. The average molecular weight is 234 g/mol. The van der Waals surface area contributed by atoms with Crippen molar-refractivity contribution in [2.45, 2.75) is 25.7 Å². The molecule has 5 heteroatoms. The highest BCUT2D eigenvalue weighted by Crippen LogP contribution is 2.09. The van der Waals surface area contributed by atoms with E-state index in [1.54, 1.807) is 18.6 Å². The molecule has 1 amide bonds. The van der Waals surface area contributed by atoms with Gasteiger partial charge in [-0.15, -0.1) is 0 Å². The summed E-state index contributed by atoms with van der Waals surface area (Å²) < 4.78 is 0. The van der Waals surface area contributed by atoms with Crippen LogP contribution in [-0.4, -0.2) is 40.4 Å². The molecular formula is C12H18N4O. The predicted molar refractivity (Wildman–Crippen MR) is 65.6 cm³/mol. The van der Waals surface area contributed by atoms with Crippen molar-refractivity contribution in [1.82, 2.24) is 14.9 Å². The highest BCUT2D eigenvalue weighted by molar-refractivity contribution is 5.76. The van der Waals surface area contributed by atoms with Crippen molar-refractivity contribution in [3.63, 3.8) is 0 Å². The summed E-state index contributed by atoms with van der Waals surface area (Å²) in [5.41, 5.74) is 0. The number of likely N-dealkylation sites (tertiary alicyclic amines) is 1.